The third kappa shape index (κ3) is 4.66. The van der Waals surface area contributed by atoms with Gasteiger partial charge < -0.3 is 26.0 Å². The Labute approximate surface area is 275 Å². The summed E-state index contributed by atoms with van der Waals surface area (Å²) in [5.41, 5.74) is 12.7. The molecule has 0 amide bonds. The fourth-order valence-corrected chi connectivity index (χ4v) is 12.1. The van der Waals surface area contributed by atoms with E-state index >= 15 is 0 Å². The predicted molar refractivity (Wildman–Crippen MR) is 177 cm³/mol. The number of nitrogens with zero attached hydrogens (tertiary/aromatic N) is 4. The van der Waals surface area contributed by atoms with Gasteiger partial charge in [0.2, 0.25) is 0 Å². The van der Waals surface area contributed by atoms with Crippen molar-refractivity contribution in [2.45, 2.75) is 125 Å². The molecular formula is C36H60N6O4. The van der Waals surface area contributed by atoms with E-state index in [1.54, 1.807) is 4.80 Å². The number of nitrogen functional groups attached to an aromatic ring is 1. The molecule has 258 valence electrons. The van der Waals surface area contributed by atoms with Gasteiger partial charge in [-0.1, -0.05) is 78.6 Å². The number of nitrogens with two attached hydrogens (primary N) is 2. The first kappa shape index (κ1) is 33.8. The third-order valence-electron chi connectivity index (χ3n) is 14.9. The highest BCUT2D eigenvalue weighted by Crippen LogP contribution is 2.75. The Morgan fingerprint density at radius 1 is 1.15 bits per heavy atom. The van der Waals surface area contributed by atoms with E-state index < -0.39 is 17.3 Å². The lowest BCUT2D eigenvalue weighted by atomic mass is 9.34. The first-order valence-electron chi connectivity index (χ1n) is 18.0. The average molecular weight is 641 g/mol. The van der Waals surface area contributed by atoms with Crippen molar-refractivity contribution in [2.75, 3.05) is 25.6 Å². The van der Waals surface area contributed by atoms with Gasteiger partial charge in [-0.2, -0.15) is 4.80 Å². The van der Waals surface area contributed by atoms with Gasteiger partial charge in [0, 0.05) is 11.5 Å². The smallest absolute Gasteiger partial charge is 0.307 e. The molecule has 2 heterocycles. The topological polar surface area (TPSA) is 151 Å². The van der Waals surface area contributed by atoms with Crippen molar-refractivity contribution >= 4 is 11.9 Å². The molecule has 5 N–H and O–H groups in total. The highest BCUT2D eigenvalue weighted by Gasteiger charge is 2.72. The van der Waals surface area contributed by atoms with Crippen LogP contribution in [-0.2, 0) is 14.3 Å². The minimum absolute atomic E-state index is 0.0667. The standard InChI is InChI=1S/C36H60N6O4/c1-9-10-23(37)18-46-29-26(42-40-31(38)39-41-42)17-32(5)19-45-20-36(29)25-13-14-35(8)28(30(43)44)33(6,22(4)21(2)3)15-16-34(35,7)24(25)11-12-27(32)36/h13,21-24,26-29H,9-12,14-20,37H2,1-8H3,(H2,38,40)(H,43,44)/t22-,23-,24+,26-,27-,28-,29+,32-,33-,34-,35+,36+/m1/s1. The quantitative estimate of drug-likeness (QED) is 0.280. The maximum absolute atomic E-state index is 13.5. The monoisotopic (exact) mass is 640 g/mol. The first-order valence-corrected chi connectivity index (χ1v) is 18.0. The van der Waals surface area contributed by atoms with Crippen molar-refractivity contribution in [2.24, 2.45) is 62.4 Å². The SMILES string of the molecule is CCC[C@@H](N)CO[C@H]1[C@H](n2nnc(N)n2)C[C@]2(C)COC[C@@]13C1=CC[C@@]4(C)[C@H](C(=O)O)[C@@](C)([C@H](C)C(C)C)CC[C@]4(C)[C@H]1CC[C@H]23. The summed E-state index contributed by atoms with van der Waals surface area (Å²) in [6.45, 7) is 20.0. The lowest BCUT2D eigenvalue weighted by molar-refractivity contribution is -0.253. The van der Waals surface area contributed by atoms with Gasteiger partial charge in [0.15, 0.2) is 0 Å². The molecule has 2 bridgehead atoms. The maximum Gasteiger partial charge on any atom is 0.307 e. The van der Waals surface area contributed by atoms with Gasteiger partial charge >= 0.3 is 5.97 Å². The van der Waals surface area contributed by atoms with Crippen LogP contribution in [0.5, 0.6) is 0 Å². The van der Waals surface area contributed by atoms with E-state index in [2.05, 4.69) is 76.9 Å². The molecule has 12 atom stereocenters. The molecule has 3 saturated carbocycles. The zero-order valence-corrected chi connectivity index (χ0v) is 29.6. The number of carbonyl (C=O) groups is 1. The number of hydrogen-bond donors (Lipinski definition) is 3. The zero-order chi connectivity index (χ0) is 33.4. The number of aliphatic carboxylic acids is 1. The van der Waals surface area contributed by atoms with Crippen LogP contribution >= 0.6 is 0 Å². The number of hydrogen-bond acceptors (Lipinski definition) is 8. The van der Waals surface area contributed by atoms with Crippen LogP contribution in [-0.4, -0.2) is 63.2 Å². The molecule has 0 aromatic carbocycles. The van der Waals surface area contributed by atoms with Crippen LogP contribution in [0.25, 0.3) is 0 Å². The van der Waals surface area contributed by atoms with Gasteiger partial charge in [-0.05, 0) is 95.5 Å². The molecule has 10 nitrogen and oxygen atoms in total. The molecule has 5 aliphatic rings. The van der Waals surface area contributed by atoms with Crippen LogP contribution in [0.3, 0.4) is 0 Å². The fourth-order valence-electron chi connectivity index (χ4n) is 12.1. The number of allylic oxidation sites excluding steroid dienone is 1. The molecule has 10 heteroatoms. The Hall–Kier alpha value is -2.04. The summed E-state index contributed by atoms with van der Waals surface area (Å²) in [5.74, 6) is 0.397. The highest BCUT2D eigenvalue weighted by atomic mass is 16.5. The largest absolute Gasteiger partial charge is 0.481 e. The van der Waals surface area contributed by atoms with E-state index in [4.69, 9.17) is 20.9 Å². The number of carboxylic acid groups (broad SMARTS) is 1. The summed E-state index contributed by atoms with van der Waals surface area (Å²) in [4.78, 5) is 15.2. The van der Waals surface area contributed by atoms with Crippen LogP contribution in [0.4, 0.5) is 5.95 Å². The second kappa shape index (κ2) is 11.5. The number of anilines is 1. The normalized spacial score (nSPS) is 44.8. The first-order chi connectivity index (χ1) is 21.6. The van der Waals surface area contributed by atoms with E-state index in [0.29, 0.717) is 37.6 Å². The fraction of sp³-hybridized carbons (Fsp3) is 0.889. The molecule has 4 fully saturated rings. The molecule has 1 saturated heterocycles. The molecular weight excluding hydrogens is 580 g/mol. The maximum atomic E-state index is 13.5. The van der Waals surface area contributed by atoms with Crippen molar-refractivity contribution in [1.29, 1.82) is 0 Å². The molecule has 1 aromatic rings. The minimum atomic E-state index is -0.639. The van der Waals surface area contributed by atoms with Crippen molar-refractivity contribution < 1.29 is 19.4 Å². The number of tetrazole rings is 1. The Kier molecular flexibility index (Phi) is 8.49. The van der Waals surface area contributed by atoms with E-state index in [9.17, 15) is 9.90 Å². The molecule has 6 rings (SSSR count). The summed E-state index contributed by atoms with van der Waals surface area (Å²) >= 11 is 0. The molecule has 4 aliphatic carbocycles. The molecule has 1 aliphatic heterocycles. The molecule has 46 heavy (non-hydrogen) atoms. The number of aromatic nitrogens is 4. The number of rotatable bonds is 9. The third-order valence-corrected chi connectivity index (χ3v) is 14.9. The minimum Gasteiger partial charge on any atom is -0.481 e. The van der Waals surface area contributed by atoms with Crippen LogP contribution in [0.15, 0.2) is 11.6 Å². The number of ether oxygens (including phenoxy) is 2. The number of fused-ring (bicyclic) bond motifs is 3. The Balaban J connectivity index is 1.50. The number of carboxylic acids is 1. The van der Waals surface area contributed by atoms with E-state index in [0.717, 1.165) is 51.4 Å². The van der Waals surface area contributed by atoms with E-state index in [1.165, 1.54) is 5.57 Å². The van der Waals surface area contributed by atoms with E-state index in [-0.39, 0.29) is 51.7 Å². The Morgan fingerprint density at radius 3 is 2.52 bits per heavy atom. The van der Waals surface area contributed by atoms with Crippen molar-refractivity contribution in [3.05, 3.63) is 11.6 Å². The Bertz CT molecular complexity index is 1350. The second-order valence-corrected chi connectivity index (χ2v) is 17.4. The van der Waals surface area contributed by atoms with Crippen LogP contribution in [0, 0.1) is 56.7 Å². The summed E-state index contributed by atoms with van der Waals surface area (Å²) < 4.78 is 13.7. The highest BCUT2D eigenvalue weighted by molar-refractivity contribution is 5.73. The van der Waals surface area contributed by atoms with Gasteiger partial charge in [-0.3, -0.25) is 4.79 Å². The molecule has 1 aromatic heterocycles. The van der Waals surface area contributed by atoms with Crippen molar-refractivity contribution in [3.63, 3.8) is 0 Å². The predicted octanol–water partition coefficient (Wildman–Crippen LogP) is 5.90. The van der Waals surface area contributed by atoms with Gasteiger partial charge in [0.05, 0.1) is 31.8 Å². The van der Waals surface area contributed by atoms with Gasteiger partial charge in [-0.15, -0.1) is 5.10 Å². The van der Waals surface area contributed by atoms with Gasteiger partial charge in [0.25, 0.3) is 5.95 Å². The molecule has 0 radical (unpaired) electrons. The second-order valence-electron chi connectivity index (χ2n) is 17.4. The zero-order valence-electron chi connectivity index (χ0n) is 29.6. The van der Waals surface area contributed by atoms with Crippen LogP contribution in [0.2, 0.25) is 0 Å². The van der Waals surface area contributed by atoms with Gasteiger partial charge in [0.1, 0.15) is 6.04 Å². The van der Waals surface area contributed by atoms with E-state index in [1.807, 2.05) is 0 Å². The van der Waals surface area contributed by atoms with Crippen molar-refractivity contribution in [1.82, 2.24) is 20.2 Å². The summed E-state index contributed by atoms with van der Waals surface area (Å²) in [6, 6.07) is -0.235. The lowest BCUT2D eigenvalue weighted by Gasteiger charge is -2.71. The molecule has 0 spiro atoms. The van der Waals surface area contributed by atoms with Crippen LogP contribution < -0.4 is 11.5 Å². The molecule has 0 unspecified atom stereocenters. The van der Waals surface area contributed by atoms with Gasteiger partial charge in [-0.25, -0.2) is 0 Å². The summed E-state index contributed by atoms with van der Waals surface area (Å²) in [6.07, 6.45) is 9.68. The lowest BCUT2D eigenvalue weighted by Crippen LogP contribution is -2.70. The van der Waals surface area contributed by atoms with Crippen LogP contribution in [0.1, 0.15) is 113 Å². The summed E-state index contributed by atoms with van der Waals surface area (Å²) in [7, 11) is 0. The Morgan fingerprint density at radius 2 is 1.89 bits per heavy atom. The van der Waals surface area contributed by atoms with Crippen molar-refractivity contribution in [3.8, 4) is 0 Å². The average Bonchev–Trinajstić information content (AvgIpc) is 3.42. The summed E-state index contributed by atoms with van der Waals surface area (Å²) in [5, 5.41) is 24.1.